The minimum absolute atomic E-state index is 0.00629. The highest BCUT2D eigenvalue weighted by atomic mass is 16.6. The molecule has 3 unspecified atom stereocenters. The van der Waals surface area contributed by atoms with Gasteiger partial charge in [-0.3, -0.25) is 0 Å². The van der Waals surface area contributed by atoms with Crippen molar-refractivity contribution < 1.29 is 14.6 Å². The first kappa shape index (κ1) is 20.4. The lowest BCUT2D eigenvalue weighted by atomic mass is 9.81. The highest BCUT2D eigenvalue weighted by Gasteiger charge is 2.30. The minimum atomic E-state index is -1.06. The minimum Gasteiger partial charge on any atom is -0.433 e. The lowest BCUT2D eigenvalue weighted by Gasteiger charge is -2.22. The summed E-state index contributed by atoms with van der Waals surface area (Å²) in [4.78, 5) is 12.7. The van der Waals surface area contributed by atoms with Gasteiger partial charge < -0.3 is 9.84 Å². The highest BCUT2D eigenvalue weighted by molar-refractivity contribution is 5.85. The van der Waals surface area contributed by atoms with Crippen LogP contribution < -0.4 is 0 Å². The summed E-state index contributed by atoms with van der Waals surface area (Å²) < 4.78 is 5.31. The van der Waals surface area contributed by atoms with Gasteiger partial charge in [0.1, 0.15) is 0 Å². The van der Waals surface area contributed by atoms with E-state index >= 15 is 0 Å². The number of carbonyl (C=O) groups excluding carboxylic acids is 1. The third kappa shape index (κ3) is 4.31. The van der Waals surface area contributed by atoms with Crippen molar-refractivity contribution in [2.24, 2.45) is 0 Å². The molecule has 30 heavy (non-hydrogen) atoms. The third-order valence-corrected chi connectivity index (χ3v) is 5.91. The lowest BCUT2D eigenvalue weighted by Crippen LogP contribution is -2.17. The molecule has 3 atom stereocenters. The Balaban J connectivity index is 1.62. The number of carbonyl (C=O) groups is 1. The van der Waals surface area contributed by atoms with E-state index in [4.69, 9.17) is 4.74 Å². The van der Waals surface area contributed by atoms with Crippen molar-refractivity contribution in [2.75, 3.05) is 0 Å². The van der Waals surface area contributed by atoms with Crippen molar-refractivity contribution >= 4 is 18.1 Å². The molecule has 3 nitrogen and oxygen atoms in total. The van der Waals surface area contributed by atoms with E-state index in [0.717, 1.165) is 24.8 Å². The van der Waals surface area contributed by atoms with Gasteiger partial charge >= 0.3 is 5.97 Å². The summed E-state index contributed by atoms with van der Waals surface area (Å²) >= 11 is 0. The molecule has 3 heteroatoms. The summed E-state index contributed by atoms with van der Waals surface area (Å²) in [5, 5.41) is 10.1. The number of rotatable bonds is 8. The SMILES string of the molecule is CCCCCC(O)OC(=O)C=C(C1C=Cc2ccccc21)C1C=Cc2ccccc21. The van der Waals surface area contributed by atoms with Crippen molar-refractivity contribution in [2.45, 2.75) is 50.7 Å². The van der Waals surface area contributed by atoms with Crippen LogP contribution in [0.4, 0.5) is 0 Å². The first-order valence-corrected chi connectivity index (χ1v) is 10.8. The predicted octanol–water partition coefficient (Wildman–Crippen LogP) is 5.98. The maximum absolute atomic E-state index is 12.7. The quantitative estimate of drug-likeness (QED) is 0.257. The van der Waals surface area contributed by atoms with E-state index in [-0.39, 0.29) is 11.8 Å². The first-order chi connectivity index (χ1) is 14.7. The molecule has 0 bridgehead atoms. The van der Waals surface area contributed by atoms with Crippen LogP contribution >= 0.6 is 0 Å². The number of benzene rings is 2. The van der Waals surface area contributed by atoms with Crippen LogP contribution in [0.5, 0.6) is 0 Å². The average molecular weight is 401 g/mol. The van der Waals surface area contributed by atoms with E-state index in [9.17, 15) is 9.90 Å². The molecule has 0 fully saturated rings. The molecule has 0 spiro atoms. The van der Waals surface area contributed by atoms with Crippen LogP contribution in [-0.2, 0) is 9.53 Å². The van der Waals surface area contributed by atoms with Crippen LogP contribution in [0.1, 0.15) is 66.7 Å². The molecule has 4 rings (SSSR count). The number of aliphatic hydroxyl groups excluding tert-OH is 1. The molecule has 2 aliphatic rings. The standard InChI is InChI=1S/C27H28O3/c1-2-3-4-13-26(28)30-27(29)18-25(23-16-14-19-9-5-7-11-21(19)23)24-17-15-20-10-6-8-12-22(20)24/h5-12,14-18,23-24,26,28H,2-4,13H2,1H3. The molecule has 0 saturated heterocycles. The molecule has 2 aliphatic carbocycles. The third-order valence-electron chi connectivity index (χ3n) is 5.91. The van der Waals surface area contributed by atoms with Crippen molar-refractivity contribution in [3.63, 3.8) is 0 Å². The van der Waals surface area contributed by atoms with Crippen LogP contribution in [0.2, 0.25) is 0 Å². The summed E-state index contributed by atoms with van der Waals surface area (Å²) in [5.41, 5.74) is 5.71. The van der Waals surface area contributed by atoms with E-state index in [1.54, 1.807) is 6.08 Å². The van der Waals surface area contributed by atoms with E-state index in [2.05, 4.69) is 55.5 Å². The number of hydrogen-bond donors (Lipinski definition) is 1. The summed E-state index contributed by atoms with van der Waals surface area (Å²) in [6.45, 7) is 2.10. The number of ether oxygens (including phenoxy) is 1. The van der Waals surface area contributed by atoms with Crippen LogP contribution in [0.3, 0.4) is 0 Å². The maximum atomic E-state index is 12.7. The zero-order valence-corrected chi connectivity index (χ0v) is 17.3. The normalized spacial score (nSPS) is 19.3. The first-order valence-electron chi connectivity index (χ1n) is 10.8. The number of fused-ring (bicyclic) bond motifs is 2. The molecule has 0 aromatic heterocycles. The zero-order chi connectivity index (χ0) is 20.9. The summed E-state index contributed by atoms with van der Waals surface area (Å²) in [5.74, 6) is -0.469. The Morgan fingerprint density at radius 3 is 2.10 bits per heavy atom. The molecule has 2 aromatic carbocycles. The van der Waals surface area contributed by atoms with Gasteiger partial charge in [0, 0.05) is 24.3 Å². The van der Waals surface area contributed by atoms with Gasteiger partial charge in [-0.2, -0.15) is 0 Å². The second kappa shape index (κ2) is 9.27. The number of aliphatic hydroxyl groups is 1. The van der Waals surface area contributed by atoms with E-state index in [1.165, 1.54) is 22.3 Å². The van der Waals surface area contributed by atoms with Gasteiger partial charge in [-0.25, -0.2) is 4.79 Å². The molecule has 0 radical (unpaired) electrons. The van der Waals surface area contributed by atoms with Crippen molar-refractivity contribution in [1.82, 2.24) is 0 Å². The Hall–Kier alpha value is -2.91. The van der Waals surface area contributed by atoms with Crippen molar-refractivity contribution in [3.8, 4) is 0 Å². The van der Waals surface area contributed by atoms with Crippen LogP contribution in [0.25, 0.3) is 12.2 Å². The fraction of sp³-hybridized carbons (Fsp3) is 0.296. The smallest absolute Gasteiger partial charge is 0.333 e. The molecule has 1 N–H and O–H groups in total. The molecule has 2 aromatic rings. The fourth-order valence-corrected chi connectivity index (χ4v) is 4.39. The molecular weight excluding hydrogens is 372 g/mol. The van der Waals surface area contributed by atoms with Crippen LogP contribution in [0, 0.1) is 0 Å². The highest BCUT2D eigenvalue weighted by Crippen LogP contribution is 2.45. The lowest BCUT2D eigenvalue weighted by molar-refractivity contribution is -0.162. The number of allylic oxidation sites excluding steroid dienone is 3. The second-order valence-corrected chi connectivity index (χ2v) is 7.96. The second-order valence-electron chi connectivity index (χ2n) is 7.96. The summed E-state index contributed by atoms with van der Waals surface area (Å²) in [6, 6.07) is 16.5. The Bertz CT molecular complexity index is 935. The van der Waals surface area contributed by atoms with Gasteiger partial charge in [-0.05, 0) is 34.2 Å². The van der Waals surface area contributed by atoms with Crippen molar-refractivity contribution in [3.05, 3.63) is 94.6 Å². The van der Waals surface area contributed by atoms with Gasteiger partial charge in [0.2, 0.25) is 6.29 Å². The summed E-state index contributed by atoms with van der Waals surface area (Å²) in [6.07, 6.45) is 12.5. The molecular formula is C27H28O3. The van der Waals surface area contributed by atoms with Crippen LogP contribution in [-0.4, -0.2) is 17.4 Å². The zero-order valence-electron chi connectivity index (χ0n) is 17.3. The Kier molecular flexibility index (Phi) is 6.29. The molecule has 154 valence electrons. The summed E-state index contributed by atoms with van der Waals surface area (Å²) in [7, 11) is 0. The monoisotopic (exact) mass is 400 g/mol. The van der Waals surface area contributed by atoms with Gasteiger partial charge in [0.25, 0.3) is 0 Å². The molecule has 0 saturated carbocycles. The Labute approximate surface area is 178 Å². The van der Waals surface area contributed by atoms with E-state index in [0.29, 0.717) is 6.42 Å². The molecule has 0 aliphatic heterocycles. The van der Waals surface area contributed by atoms with Gasteiger partial charge in [0.15, 0.2) is 0 Å². The number of hydrogen-bond acceptors (Lipinski definition) is 3. The van der Waals surface area contributed by atoms with E-state index in [1.807, 2.05) is 24.3 Å². The number of esters is 1. The van der Waals surface area contributed by atoms with Gasteiger partial charge in [0.05, 0.1) is 0 Å². The van der Waals surface area contributed by atoms with Crippen molar-refractivity contribution in [1.29, 1.82) is 0 Å². The van der Waals surface area contributed by atoms with E-state index < -0.39 is 12.3 Å². The fourth-order valence-electron chi connectivity index (χ4n) is 4.39. The Morgan fingerprint density at radius 1 is 0.967 bits per heavy atom. The van der Waals surface area contributed by atoms with Gasteiger partial charge in [-0.1, -0.05) is 92.6 Å². The Morgan fingerprint density at radius 2 is 1.53 bits per heavy atom. The topological polar surface area (TPSA) is 46.5 Å². The van der Waals surface area contributed by atoms with Crippen LogP contribution in [0.15, 0.2) is 72.3 Å². The predicted molar refractivity (Wildman–Crippen MR) is 121 cm³/mol. The number of unbranched alkanes of at least 4 members (excludes halogenated alkanes) is 2. The van der Waals surface area contributed by atoms with Gasteiger partial charge in [-0.15, -0.1) is 0 Å². The average Bonchev–Trinajstić information content (AvgIpc) is 3.37. The maximum Gasteiger partial charge on any atom is 0.333 e. The largest absolute Gasteiger partial charge is 0.433 e. The molecule has 0 heterocycles. The molecule has 0 amide bonds.